The van der Waals surface area contributed by atoms with Gasteiger partial charge in [0.2, 0.25) is 5.91 Å². The van der Waals surface area contributed by atoms with Gasteiger partial charge in [-0.05, 0) is 80.6 Å². The first-order valence-corrected chi connectivity index (χ1v) is 10.3. The lowest BCUT2D eigenvalue weighted by molar-refractivity contribution is -0.384. The predicted molar refractivity (Wildman–Crippen MR) is 109 cm³/mol. The van der Waals surface area contributed by atoms with Crippen LogP contribution in [0.4, 0.5) is 5.69 Å². The molecule has 1 aromatic carbocycles. The maximum Gasteiger partial charge on any atom is 0.280 e. The van der Waals surface area contributed by atoms with Crippen LogP contribution in [-0.2, 0) is 4.79 Å². The van der Waals surface area contributed by atoms with Crippen molar-refractivity contribution in [2.75, 3.05) is 0 Å². The molecule has 0 unspecified atom stereocenters. The van der Waals surface area contributed by atoms with Crippen molar-refractivity contribution in [1.29, 1.82) is 0 Å². The average Bonchev–Trinajstić information content (AvgIpc) is 3.14. The standard InChI is InChI=1S/C23H24N2O4/c26-22(24-23-12-15-9-16(13-23)11-17(10-15)14-23)8-6-18-5-7-21(29-18)19-3-1-2-4-20(19)25(27)28/h1-8,15-17H,9-14H2,(H,24,26)/b8-6+. The number of benzene rings is 1. The minimum atomic E-state index is -0.424. The fourth-order valence-corrected chi connectivity index (χ4v) is 6.15. The summed E-state index contributed by atoms with van der Waals surface area (Å²) in [4.78, 5) is 23.4. The molecule has 0 saturated heterocycles. The Bertz CT molecular complexity index is 955. The predicted octanol–water partition coefficient (Wildman–Crippen LogP) is 4.95. The summed E-state index contributed by atoms with van der Waals surface area (Å²) in [7, 11) is 0. The molecule has 150 valence electrons. The summed E-state index contributed by atoms with van der Waals surface area (Å²) in [5.41, 5.74) is 0.405. The summed E-state index contributed by atoms with van der Waals surface area (Å²) in [6, 6.07) is 9.88. The van der Waals surface area contributed by atoms with E-state index in [2.05, 4.69) is 5.32 Å². The number of hydrogen-bond donors (Lipinski definition) is 1. The summed E-state index contributed by atoms with van der Waals surface area (Å²) in [5.74, 6) is 3.16. The van der Waals surface area contributed by atoms with E-state index >= 15 is 0 Å². The summed E-state index contributed by atoms with van der Waals surface area (Å²) >= 11 is 0. The third-order valence-corrected chi connectivity index (χ3v) is 6.82. The van der Waals surface area contributed by atoms with Crippen molar-refractivity contribution < 1.29 is 14.1 Å². The van der Waals surface area contributed by atoms with Gasteiger partial charge in [0.05, 0.1) is 10.5 Å². The molecule has 6 heteroatoms. The van der Waals surface area contributed by atoms with Gasteiger partial charge in [-0.15, -0.1) is 0 Å². The van der Waals surface area contributed by atoms with Gasteiger partial charge in [-0.2, -0.15) is 0 Å². The SMILES string of the molecule is O=C(/C=C/c1ccc(-c2ccccc2[N+](=O)[O-])o1)NC12CC3CC(CC(C3)C1)C2. The molecular weight excluding hydrogens is 368 g/mol. The molecule has 1 amide bonds. The Labute approximate surface area is 169 Å². The van der Waals surface area contributed by atoms with E-state index in [-0.39, 0.29) is 17.1 Å². The van der Waals surface area contributed by atoms with E-state index in [0.717, 1.165) is 37.0 Å². The fourth-order valence-electron chi connectivity index (χ4n) is 6.15. The highest BCUT2D eigenvalue weighted by Crippen LogP contribution is 2.55. The van der Waals surface area contributed by atoms with Gasteiger partial charge in [-0.1, -0.05) is 12.1 Å². The van der Waals surface area contributed by atoms with E-state index in [1.165, 1.54) is 31.4 Å². The average molecular weight is 392 g/mol. The molecule has 0 radical (unpaired) electrons. The zero-order chi connectivity index (χ0) is 20.0. The molecule has 2 aromatic rings. The zero-order valence-corrected chi connectivity index (χ0v) is 16.2. The summed E-state index contributed by atoms with van der Waals surface area (Å²) < 4.78 is 5.73. The molecule has 4 aliphatic carbocycles. The second kappa shape index (κ2) is 6.87. The normalized spacial score (nSPS) is 30.0. The van der Waals surface area contributed by atoms with Crippen LogP contribution in [0.3, 0.4) is 0 Å². The number of amides is 1. The molecule has 0 atom stereocenters. The lowest BCUT2D eigenvalue weighted by Gasteiger charge is -2.56. The molecule has 1 heterocycles. The molecule has 4 fully saturated rings. The number of nitrogens with one attached hydrogen (secondary N) is 1. The number of nitrogens with zero attached hydrogens (tertiary/aromatic N) is 1. The molecule has 1 aromatic heterocycles. The highest BCUT2D eigenvalue weighted by atomic mass is 16.6. The van der Waals surface area contributed by atoms with Crippen molar-refractivity contribution in [1.82, 2.24) is 5.32 Å². The molecule has 4 aliphatic rings. The molecule has 4 saturated carbocycles. The topological polar surface area (TPSA) is 85.4 Å². The van der Waals surface area contributed by atoms with Gasteiger partial charge >= 0.3 is 0 Å². The van der Waals surface area contributed by atoms with Crippen LogP contribution in [0.15, 0.2) is 46.9 Å². The van der Waals surface area contributed by atoms with Crippen molar-refractivity contribution in [2.45, 2.75) is 44.1 Å². The first kappa shape index (κ1) is 18.2. The Hall–Kier alpha value is -2.89. The Balaban J connectivity index is 1.28. The Kier molecular flexibility index (Phi) is 4.30. The van der Waals surface area contributed by atoms with Gasteiger partial charge < -0.3 is 9.73 Å². The van der Waals surface area contributed by atoms with Crippen molar-refractivity contribution in [3.05, 3.63) is 58.3 Å². The van der Waals surface area contributed by atoms with Crippen LogP contribution in [0.5, 0.6) is 0 Å². The minimum Gasteiger partial charge on any atom is -0.456 e. The maximum atomic E-state index is 12.6. The van der Waals surface area contributed by atoms with Crippen molar-refractivity contribution >= 4 is 17.7 Å². The Morgan fingerprint density at radius 1 is 1.07 bits per heavy atom. The second-order valence-electron chi connectivity index (χ2n) is 9.00. The number of hydrogen-bond acceptors (Lipinski definition) is 4. The van der Waals surface area contributed by atoms with E-state index in [4.69, 9.17) is 4.42 Å². The highest BCUT2D eigenvalue weighted by molar-refractivity contribution is 5.92. The fraction of sp³-hybridized carbons (Fsp3) is 0.435. The quantitative estimate of drug-likeness (QED) is 0.443. The molecule has 0 spiro atoms. The van der Waals surface area contributed by atoms with E-state index < -0.39 is 4.92 Å². The molecular formula is C23H24N2O4. The van der Waals surface area contributed by atoms with Gasteiger partial charge in [0.15, 0.2) is 0 Å². The first-order valence-electron chi connectivity index (χ1n) is 10.3. The summed E-state index contributed by atoms with van der Waals surface area (Å²) in [6.45, 7) is 0. The summed E-state index contributed by atoms with van der Waals surface area (Å²) in [6.07, 6.45) is 10.5. The zero-order valence-electron chi connectivity index (χ0n) is 16.2. The van der Waals surface area contributed by atoms with Crippen LogP contribution in [0.25, 0.3) is 17.4 Å². The number of nitro groups is 1. The molecule has 29 heavy (non-hydrogen) atoms. The molecule has 1 N–H and O–H groups in total. The van der Waals surface area contributed by atoms with E-state index in [1.54, 1.807) is 36.4 Å². The van der Waals surface area contributed by atoms with Gasteiger partial charge in [0.25, 0.3) is 5.69 Å². The van der Waals surface area contributed by atoms with Crippen molar-refractivity contribution in [3.63, 3.8) is 0 Å². The Morgan fingerprint density at radius 2 is 1.72 bits per heavy atom. The Morgan fingerprint density at radius 3 is 2.38 bits per heavy atom. The van der Waals surface area contributed by atoms with E-state index in [1.807, 2.05) is 0 Å². The molecule has 0 aliphatic heterocycles. The largest absolute Gasteiger partial charge is 0.456 e. The third kappa shape index (κ3) is 3.48. The van der Waals surface area contributed by atoms with Crippen LogP contribution in [-0.4, -0.2) is 16.4 Å². The van der Waals surface area contributed by atoms with Gasteiger partial charge in [-0.25, -0.2) is 0 Å². The van der Waals surface area contributed by atoms with Crippen LogP contribution < -0.4 is 5.32 Å². The molecule has 6 nitrogen and oxygen atoms in total. The van der Waals surface area contributed by atoms with E-state index in [9.17, 15) is 14.9 Å². The monoisotopic (exact) mass is 392 g/mol. The molecule has 6 rings (SSSR count). The first-order chi connectivity index (χ1) is 14.0. The maximum absolute atomic E-state index is 12.6. The minimum absolute atomic E-state index is 0.00283. The van der Waals surface area contributed by atoms with Gasteiger partial charge in [-0.3, -0.25) is 14.9 Å². The van der Waals surface area contributed by atoms with Gasteiger partial charge in [0.1, 0.15) is 11.5 Å². The lowest BCUT2D eigenvalue weighted by Crippen LogP contribution is -2.59. The van der Waals surface area contributed by atoms with Crippen molar-refractivity contribution in [2.24, 2.45) is 17.8 Å². The number of furan rings is 1. The molecule has 4 bridgehead atoms. The number of carbonyl (C=O) groups excluding carboxylic acids is 1. The number of rotatable bonds is 5. The number of para-hydroxylation sites is 1. The van der Waals surface area contributed by atoms with Gasteiger partial charge in [0, 0.05) is 17.7 Å². The van der Waals surface area contributed by atoms with Crippen molar-refractivity contribution in [3.8, 4) is 11.3 Å². The third-order valence-electron chi connectivity index (χ3n) is 6.82. The van der Waals surface area contributed by atoms with Crippen LogP contribution in [0.2, 0.25) is 0 Å². The number of carbonyl (C=O) groups is 1. The van der Waals surface area contributed by atoms with Crippen LogP contribution in [0.1, 0.15) is 44.3 Å². The number of nitro benzene ring substituents is 1. The highest BCUT2D eigenvalue weighted by Gasteiger charge is 2.51. The van der Waals surface area contributed by atoms with Crippen LogP contribution in [0, 0.1) is 27.9 Å². The smallest absolute Gasteiger partial charge is 0.280 e. The lowest BCUT2D eigenvalue weighted by atomic mass is 9.53. The second-order valence-corrected chi connectivity index (χ2v) is 9.00. The summed E-state index contributed by atoms with van der Waals surface area (Å²) in [5, 5.41) is 14.5. The van der Waals surface area contributed by atoms with E-state index in [0.29, 0.717) is 17.1 Å². The van der Waals surface area contributed by atoms with Crippen LogP contribution >= 0.6 is 0 Å².